The molecular weight excluding hydrogens is 390 g/mol. The van der Waals surface area contributed by atoms with Crippen molar-refractivity contribution in [2.24, 2.45) is 39.7 Å². The molecule has 0 aromatic heterocycles. The zero-order chi connectivity index (χ0) is 22.2. The van der Waals surface area contributed by atoms with Gasteiger partial charge in [-0.2, -0.15) is 0 Å². The van der Waals surface area contributed by atoms with E-state index in [9.17, 15) is 9.59 Å². The SMILES string of the molecule is CNCCNC(=O)O/N=C(\C)[C@H]1CC[C@H]2[C@@H]3CCC4=CC(=O)CC[C@]4(C)[C@H]3CC[C@]12C. The predicted octanol–water partition coefficient (Wildman–Crippen LogP) is 4.46. The van der Waals surface area contributed by atoms with E-state index in [1.54, 1.807) is 0 Å². The monoisotopic (exact) mass is 429 g/mol. The fourth-order valence-corrected chi connectivity index (χ4v) is 7.74. The van der Waals surface area contributed by atoms with Gasteiger partial charge in [0, 0.05) is 25.4 Å². The van der Waals surface area contributed by atoms with Crippen molar-refractivity contribution in [3.05, 3.63) is 11.6 Å². The third kappa shape index (κ3) is 3.96. The zero-order valence-electron chi connectivity index (χ0n) is 19.6. The first-order valence-electron chi connectivity index (χ1n) is 12.2. The molecule has 4 aliphatic carbocycles. The maximum absolute atomic E-state index is 12.0. The van der Waals surface area contributed by atoms with E-state index in [-0.39, 0.29) is 10.8 Å². The summed E-state index contributed by atoms with van der Waals surface area (Å²) in [6, 6.07) is 0. The van der Waals surface area contributed by atoms with Gasteiger partial charge in [-0.05, 0) is 93.6 Å². The number of amides is 1. The Bertz CT molecular complexity index is 791. The molecule has 0 unspecified atom stereocenters. The predicted molar refractivity (Wildman–Crippen MR) is 122 cm³/mol. The average Bonchev–Trinajstić information content (AvgIpc) is 3.10. The maximum atomic E-state index is 12.0. The van der Waals surface area contributed by atoms with Crippen LogP contribution in [0.4, 0.5) is 4.79 Å². The number of oxime groups is 1. The van der Waals surface area contributed by atoms with Crippen LogP contribution in [-0.4, -0.2) is 37.7 Å². The lowest BCUT2D eigenvalue weighted by Gasteiger charge is -2.58. The third-order valence-corrected chi connectivity index (χ3v) is 9.38. The van der Waals surface area contributed by atoms with Gasteiger partial charge in [0.1, 0.15) is 0 Å². The molecule has 31 heavy (non-hydrogen) atoms. The van der Waals surface area contributed by atoms with Crippen molar-refractivity contribution in [2.45, 2.75) is 72.1 Å². The van der Waals surface area contributed by atoms with Gasteiger partial charge in [0.15, 0.2) is 5.78 Å². The van der Waals surface area contributed by atoms with Gasteiger partial charge in [-0.15, -0.1) is 0 Å². The number of hydrogen-bond donors (Lipinski definition) is 2. The summed E-state index contributed by atoms with van der Waals surface area (Å²) in [6.07, 6.45) is 10.3. The molecule has 172 valence electrons. The van der Waals surface area contributed by atoms with Crippen molar-refractivity contribution in [2.75, 3.05) is 20.1 Å². The van der Waals surface area contributed by atoms with E-state index in [0.717, 1.165) is 30.9 Å². The van der Waals surface area contributed by atoms with Gasteiger partial charge in [-0.1, -0.05) is 24.6 Å². The van der Waals surface area contributed by atoms with Crippen LogP contribution in [0.1, 0.15) is 72.1 Å². The van der Waals surface area contributed by atoms with Crippen molar-refractivity contribution in [3.8, 4) is 0 Å². The van der Waals surface area contributed by atoms with E-state index in [1.165, 1.54) is 31.3 Å². The summed E-state index contributed by atoms with van der Waals surface area (Å²) < 4.78 is 0. The molecule has 3 saturated carbocycles. The number of carbonyl (C=O) groups is 2. The molecule has 6 atom stereocenters. The van der Waals surface area contributed by atoms with Gasteiger partial charge < -0.3 is 10.6 Å². The van der Waals surface area contributed by atoms with E-state index < -0.39 is 6.09 Å². The molecule has 4 rings (SSSR count). The lowest BCUT2D eigenvalue weighted by atomic mass is 9.46. The number of fused-ring (bicyclic) bond motifs is 5. The Morgan fingerprint density at radius 2 is 1.94 bits per heavy atom. The van der Waals surface area contributed by atoms with Gasteiger partial charge in [0.2, 0.25) is 0 Å². The number of nitrogens with zero attached hydrogens (tertiary/aromatic N) is 1. The van der Waals surface area contributed by atoms with Crippen molar-refractivity contribution in [1.29, 1.82) is 0 Å². The second-order valence-electron chi connectivity index (χ2n) is 10.8. The highest BCUT2D eigenvalue weighted by Gasteiger charge is 2.59. The maximum Gasteiger partial charge on any atom is 0.433 e. The van der Waals surface area contributed by atoms with Gasteiger partial charge in [-0.3, -0.25) is 9.63 Å². The average molecular weight is 430 g/mol. The van der Waals surface area contributed by atoms with Gasteiger partial charge in [0.05, 0.1) is 5.71 Å². The van der Waals surface area contributed by atoms with Gasteiger partial charge in [0.25, 0.3) is 0 Å². The number of ketones is 1. The number of hydrogen-bond acceptors (Lipinski definition) is 5. The van der Waals surface area contributed by atoms with Crippen LogP contribution in [0, 0.1) is 34.5 Å². The van der Waals surface area contributed by atoms with Crippen molar-refractivity contribution in [3.63, 3.8) is 0 Å². The minimum atomic E-state index is -0.482. The van der Waals surface area contributed by atoms with E-state index in [0.29, 0.717) is 43.0 Å². The number of likely N-dealkylation sites (N-methyl/N-ethyl adjacent to an activating group) is 1. The first kappa shape index (κ1) is 22.5. The highest BCUT2D eigenvalue weighted by atomic mass is 16.7. The minimum Gasteiger partial charge on any atom is -0.318 e. The molecule has 0 aromatic carbocycles. The second-order valence-corrected chi connectivity index (χ2v) is 10.8. The van der Waals surface area contributed by atoms with Crippen molar-refractivity contribution < 1.29 is 14.4 Å². The topological polar surface area (TPSA) is 79.8 Å². The Labute approximate surface area is 186 Å². The van der Waals surface area contributed by atoms with Crippen LogP contribution < -0.4 is 10.6 Å². The summed E-state index contributed by atoms with van der Waals surface area (Å²) >= 11 is 0. The standard InChI is InChI=1S/C25H39N3O3/c1-16(28-31-23(30)27-14-13-26-4)20-7-8-21-19-6-5-17-15-18(29)9-11-24(17,2)22(19)10-12-25(20,21)3/h15,19-22,26H,5-14H2,1-4H3,(H,27,30)/b28-16+/t19-,20+,21-,22-,24-,25+/m0/s1. The molecule has 2 N–H and O–H groups in total. The highest BCUT2D eigenvalue weighted by Crippen LogP contribution is 2.66. The largest absolute Gasteiger partial charge is 0.433 e. The highest BCUT2D eigenvalue weighted by molar-refractivity contribution is 5.91. The zero-order valence-corrected chi connectivity index (χ0v) is 19.6. The summed E-state index contributed by atoms with van der Waals surface area (Å²) in [4.78, 5) is 29.1. The van der Waals surface area contributed by atoms with E-state index in [4.69, 9.17) is 4.84 Å². The van der Waals surface area contributed by atoms with E-state index in [2.05, 4.69) is 29.6 Å². The molecule has 0 aromatic rings. The molecule has 0 radical (unpaired) electrons. The Morgan fingerprint density at radius 1 is 1.13 bits per heavy atom. The number of nitrogens with one attached hydrogen (secondary N) is 2. The molecule has 0 spiro atoms. The second kappa shape index (κ2) is 8.68. The Hall–Kier alpha value is -1.69. The number of rotatable bonds is 5. The fraction of sp³-hybridized carbons (Fsp3) is 0.800. The molecule has 0 aliphatic heterocycles. The Morgan fingerprint density at radius 3 is 2.71 bits per heavy atom. The molecule has 4 aliphatic rings. The molecule has 0 bridgehead atoms. The van der Waals surface area contributed by atoms with E-state index in [1.807, 2.05) is 20.0 Å². The molecule has 6 nitrogen and oxygen atoms in total. The molecule has 1 amide bonds. The Balaban J connectivity index is 1.46. The van der Waals surface area contributed by atoms with Crippen molar-refractivity contribution in [1.82, 2.24) is 10.6 Å². The Kier molecular flexibility index (Phi) is 6.30. The smallest absolute Gasteiger partial charge is 0.318 e. The van der Waals surface area contributed by atoms with Crippen LogP contribution in [0.3, 0.4) is 0 Å². The van der Waals surface area contributed by atoms with Crippen molar-refractivity contribution >= 4 is 17.6 Å². The lowest BCUT2D eigenvalue weighted by molar-refractivity contribution is -0.117. The lowest BCUT2D eigenvalue weighted by Crippen LogP contribution is -2.51. The van der Waals surface area contributed by atoms with E-state index >= 15 is 0 Å². The number of carbonyl (C=O) groups excluding carboxylic acids is 2. The number of allylic oxidation sites excluding steroid dienone is 1. The summed E-state index contributed by atoms with van der Waals surface area (Å²) in [5.41, 5.74) is 2.83. The molecule has 6 heteroatoms. The minimum absolute atomic E-state index is 0.216. The quantitative estimate of drug-likeness (QED) is 0.293. The summed E-state index contributed by atoms with van der Waals surface area (Å²) in [7, 11) is 1.85. The molecule has 0 heterocycles. The van der Waals surface area contributed by atoms with Gasteiger partial charge >= 0.3 is 6.09 Å². The van der Waals surface area contributed by atoms with Crippen LogP contribution in [0.15, 0.2) is 16.8 Å². The van der Waals surface area contributed by atoms with Crippen LogP contribution in [0.25, 0.3) is 0 Å². The summed E-state index contributed by atoms with van der Waals surface area (Å²) in [5.74, 6) is 2.83. The molecule has 3 fully saturated rings. The van der Waals surface area contributed by atoms with Crippen LogP contribution in [-0.2, 0) is 9.63 Å². The van der Waals surface area contributed by atoms with Gasteiger partial charge in [-0.25, -0.2) is 4.79 Å². The third-order valence-electron chi connectivity index (χ3n) is 9.38. The summed E-state index contributed by atoms with van der Waals surface area (Å²) in [6.45, 7) is 8.14. The van der Waals surface area contributed by atoms with Crippen LogP contribution >= 0.6 is 0 Å². The summed E-state index contributed by atoms with van der Waals surface area (Å²) in [5, 5.41) is 9.94. The fourth-order valence-electron chi connectivity index (χ4n) is 7.74. The first-order valence-corrected chi connectivity index (χ1v) is 12.2. The molecular formula is C25H39N3O3. The molecule has 0 saturated heterocycles. The van der Waals surface area contributed by atoms with Crippen LogP contribution in [0.5, 0.6) is 0 Å². The normalized spacial score (nSPS) is 39.8. The first-order chi connectivity index (χ1) is 14.8. The van der Waals surface area contributed by atoms with Crippen LogP contribution in [0.2, 0.25) is 0 Å².